The molecule has 2 aliphatic heterocycles. The number of thiazole rings is 1. The zero-order chi connectivity index (χ0) is 25.1. The third kappa shape index (κ3) is 8.06. The van der Waals surface area contributed by atoms with Crippen LogP contribution in [-0.2, 0) is 14.3 Å². The molecule has 0 bridgehead atoms. The van der Waals surface area contributed by atoms with Crippen molar-refractivity contribution in [2.24, 2.45) is 4.99 Å². The van der Waals surface area contributed by atoms with Gasteiger partial charge in [0.15, 0.2) is 10.8 Å². The van der Waals surface area contributed by atoms with E-state index in [0.717, 1.165) is 17.4 Å². The number of aliphatic hydroxyl groups is 1. The average Bonchev–Trinajstić information content (AvgIpc) is 3.33. The molecular formula is C22H26BrFN4O5S. The van der Waals surface area contributed by atoms with Crippen molar-refractivity contribution in [3.05, 3.63) is 62.4 Å². The summed E-state index contributed by atoms with van der Waals surface area (Å²) in [7, 11) is 1.68. The van der Waals surface area contributed by atoms with Crippen molar-refractivity contribution in [3.63, 3.8) is 0 Å². The zero-order valence-corrected chi connectivity index (χ0v) is 21.1. The highest BCUT2D eigenvalue weighted by atomic mass is 79.9. The van der Waals surface area contributed by atoms with Crippen molar-refractivity contribution >= 4 is 45.4 Å². The summed E-state index contributed by atoms with van der Waals surface area (Å²) >= 11 is 4.54. The Morgan fingerprint density at radius 2 is 2.21 bits per heavy atom. The third-order valence-corrected chi connectivity index (χ3v) is 5.98. The summed E-state index contributed by atoms with van der Waals surface area (Å²) in [5.41, 5.74) is 1.08. The van der Waals surface area contributed by atoms with Crippen molar-refractivity contribution in [1.29, 1.82) is 0 Å². The number of carbonyl (C=O) groups is 2. The van der Waals surface area contributed by atoms with Gasteiger partial charge in [-0.05, 0) is 25.1 Å². The molecule has 0 saturated carbocycles. The number of aromatic nitrogens is 1. The number of amidine groups is 1. The summed E-state index contributed by atoms with van der Waals surface area (Å²) in [6, 6.07) is 5.32. The molecule has 9 nitrogen and oxygen atoms in total. The van der Waals surface area contributed by atoms with E-state index in [0.29, 0.717) is 22.1 Å². The molecule has 12 heteroatoms. The predicted molar refractivity (Wildman–Crippen MR) is 130 cm³/mol. The number of halogens is 2. The maximum Gasteiger partial charge on any atom is 0.323 e. The van der Waals surface area contributed by atoms with Crippen LogP contribution in [0, 0.1) is 5.82 Å². The van der Waals surface area contributed by atoms with E-state index in [4.69, 9.17) is 5.11 Å². The molecule has 1 fully saturated rings. The second-order valence-corrected chi connectivity index (χ2v) is 8.86. The molecule has 1 saturated heterocycles. The minimum absolute atomic E-state index is 0.209. The van der Waals surface area contributed by atoms with Crippen LogP contribution in [0.1, 0.15) is 11.9 Å². The van der Waals surface area contributed by atoms with Crippen LogP contribution in [0.3, 0.4) is 0 Å². The van der Waals surface area contributed by atoms with Crippen LogP contribution >= 0.6 is 27.3 Å². The molecule has 34 heavy (non-hydrogen) atoms. The fraction of sp³-hybridized carbons (Fsp3) is 0.364. The van der Waals surface area contributed by atoms with E-state index in [1.54, 1.807) is 30.3 Å². The first-order valence-electron chi connectivity index (χ1n) is 10.2. The summed E-state index contributed by atoms with van der Waals surface area (Å²) in [5, 5.41) is 24.2. The first kappa shape index (κ1) is 27.7. The number of aliphatic carboxylic acids is 1. The molecule has 2 aliphatic rings. The summed E-state index contributed by atoms with van der Waals surface area (Å²) in [5.74, 6) is -0.709. The Morgan fingerprint density at radius 3 is 2.68 bits per heavy atom. The summed E-state index contributed by atoms with van der Waals surface area (Å²) < 4.78 is 17.5. The second kappa shape index (κ2) is 14.0. The van der Waals surface area contributed by atoms with Gasteiger partial charge in [-0.25, -0.2) is 9.37 Å². The van der Waals surface area contributed by atoms with E-state index < -0.39 is 18.1 Å². The van der Waals surface area contributed by atoms with Gasteiger partial charge in [0.25, 0.3) is 0 Å². The molecule has 0 spiro atoms. The molecule has 1 aromatic heterocycles. The number of ether oxygens (including phenoxy) is 1. The van der Waals surface area contributed by atoms with Crippen LogP contribution in [0.2, 0.25) is 0 Å². The number of β-amino-alcohol motifs (C(OH)–C–C–N with tert-alkyl or cyclic N) is 1. The van der Waals surface area contributed by atoms with Gasteiger partial charge in [-0.2, -0.15) is 0 Å². The lowest BCUT2D eigenvalue weighted by Crippen LogP contribution is -2.64. The molecular weight excluding hydrogens is 531 g/mol. The number of carboxylic acid groups (broad SMARTS) is 1. The second-order valence-electron chi connectivity index (χ2n) is 7.05. The monoisotopic (exact) mass is 556 g/mol. The number of benzene rings is 1. The van der Waals surface area contributed by atoms with Gasteiger partial charge in [-0.3, -0.25) is 19.5 Å². The van der Waals surface area contributed by atoms with E-state index in [9.17, 15) is 19.1 Å². The van der Waals surface area contributed by atoms with Gasteiger partial charge >= 0.3 is 5.97 Å². The highest BCUT2D eigenvalue weighted by Gasteiger charge is 2.43. The standard InChI is InChI=1S/C13H14N4O4S.C6H4BrF.C3H8O/c18-6-7-3-15-11(12-14-1-2-22-12)16-8(7)4-17-5-9(19)10(17)13(20)21;7-5-2-1-3-6(8)4-5;1-3-4-2/h1-2,6,9-10,19H,3-5H2,(H,15,16)(H,20,21);1-4H;3H2,1-2H3. The van der Waals surface area contributed by atoms with Crippen LogP contribution in [0.15, 0.2) is 56.6 Å². The quantitative estimate of drug-likeness (QED) is 0.463. The van der Waals surface area contributed by atoms with E-state index in [2.05, 4.69) is 36.0 Å². The Labute approximate surface area is 209 Å². The SMILES string of the molecule is CCOC.Fc1cccc(Br)c1.O=CC1=C(CN2CC(O)C2C(=O)O)NC(c2nccs2)=NC1. The Balaban J connectivity index is 0.000000281. The van der Waals surface area contributed by atoms with Crippen LogP contribution in [0.5, 0.6) is 0 Å². The van der Waals surface area contributed by atoms with E-state index >= 15 is 0 Å². The molecule has 3 heterocycles. The number of aldehydes is 1. The van der Waals surface area contributed by atoms with E-state index in [-0.39, 0.29) is 25.5 Å². The first-order chi connectivity index (χ1) is 16.3. The Kier molecular flexibility index (Phi) is 11.4. The van der Waals surface area contributed by atoms with E-state index in [1.165, 1.54) is 23.5 Å². The molecule has 0 aliphatic carbocycles. The van der Waals surface area contributed by atoms with Gasteiger partial charge in [-0.15, -0.1) is 11.3 Å². The maximum absolute atomic E-state index is 12.1. The van der Waals surface area contributed by atoms with Crippen LogP contribution in [0.25, 0.3) is 0 Å². The summed E-state index contributed by atoms with van der Waals surface area (Å²) in [4.78, 5) is 32.3. The molecule has 0 radical (unpaired) electrons. The lowest BCUT2D eigenvalue weighted by Gasteiger charge is -2.43. The van der Waals surface area contributed by atoms with Crippen molar-refractivity contribution in [1.82, 2.24) is 15.2 Å². The number of carbonyl (C=O) groups excluding carboxylic acids is 1. The number of likely N-dealkylation sites (tertiary alicyclic amines) is 1. The van der Waals surface area contributed by atoms with Gasteiger partial charge in [-0.1, -0.05) is 22.0 Å². The fourth-order valence-corrected chi connectivity index (χ4v) is 3.91. The smallest absolute Gasteiger partial charge is 0.323 e. The van der Waals surface area contributed by atoms with Crippen molar-refractivity contribution in [2.45, 2.75) is 19.1 Å². The zero-order valence-electron chi connectivity index (χ0n) is 18.6. The number of hydrogen-bond acceptors (Lipinski definition) is 9. The Bertz CT molecular complexity index is 999. The fourth-order valence-electron chi connectivity index (χ4n) is 2.94. The Morgan fingerprint density at radius 1 is 1.47 bits per heavy atom. The number of hydrogen-bond donors (Lipinski definition) is 3. The highest BCUT2D eigenvalue weighted by Crippen LogP contribution is 2.21. The molecule has 2 atom stereocenters. The maximum atomic E-state index is 12.1. The molecule has 2 unspecified atom stereocenters. The average molecular weight is 557 g/mol. The van der Waals surface area contributed by atoms with Crippen LogP contribution in [0.4, 0.5) is 4.39 Å². The van der Waals surface area contributed by atoms with E-state index in [1.807, 2.05) is 12.3 Å². The number of nitrogens with one attached hydrogen (secondary N) is 1. The number of nitrogens with zero attached hydrogens (tertiary/aromatic N) is 3. The van der Waals surface area contributed by atoms with Crippen molar-refractivity contribution in [3.8, 4) is 0 Å². The van der Waals surface area contributed by atoms with Crippen LogP contribution in [-0.4, -0.2) is 83.7 Å². The van der Waals surface area contributed by atoms with Crippen LogP contribution < -0.4 is 5.32 Å². The minimum atomic E-state index is -1.07. The molecule has 1 aromatic carbocycles. The van der Waals surface area contributed by atoms with Gasteiger partial charge in [0.05, 0.1) is 12.6 Å². The summed E-state index contributed by atoms with van der Waals surface area (Å²) in [6.07, 6.45) is 1.50. The molecule has 184 valence electrons. The molecule has 0 amide bonds. The summed E-state index contributed by atoms with van der Waals surface area (Å²) in [6.45, 7) is 3.51. The lowest BCUT2D eigenvalue weighted by atomic mass is 9.98. The largest absolute Gasteiger partial charge is 0.480 e. The van der Waals surface area contributed by atoms with Gasteiger partial charge in [0.2, 0.25) is 0 Å². The third-order valence-electron chi connectivity index (χ3n) is 4.71. The number of aliphatic hydroxyl groups excluding tert-OH is 1. The molecule has 4 rings (SSSR count). The van der Waals surface area contributed by atoms with Gasteiger partial charge in [0.1, 0.15) is 18.1 Å². The number of methoxy groups -OCH3 is 1. The van der Waals surface area contributed by atoms with Crippen molar-refractivity contribution in [2.75, 3.05) is 33.4 Å². The Hall–Kier alpha value is -2.51. The predicted octanol–water partition coefficient (Wildman–Crippen LogP) is 2.32. The van der Waals surface area contributed by atoms with Gasteiger partial charge in [0, 0.05) is 54.1 Å². The normalized spacial score (nSPS) is 19.4. The first-order valence-corrected chi connectivity index (χ1v) is 11.9. The number of rotatable bonds is 6. The molecule has 3 N–H and O–H groups in total. The lowest BCUT2D eigenvalue weighted by molar-refractivity contribution is -0.159. The number of carboxylic acids is 1. The molecule has 2 aromatic rings. The highest BCUT2D eigenvalue weighted by molar-refractivity contribution is 9.10. The topological polar surface area (TPSA) is 124 Å². The van der Waals surface area contributed by atoms with Crippen molar-refractivity contribution < 1.29 is 28.9 Å². The number of aliphatic imine (C=N–C) groups is 1. The van der Waals surface area contributed by atoms with Gasteiger partial charge < -0.3 is 20.3 Å². The minimum Gasteiger partial charge on any atom is -0.480 e.